The number of rotatable bonds is 6. The van der Waals surface area contributed by atoms with Crippen LogP contribution >= 0.6 is 12.2 Å². The molecule has 1 N–H and O–H groups in total. The second kappa shape index (κ2) is 8.65. The van der Waals surface area contributed by atoms with E-state index in [4.69, 9.17) is 12.2 Å². The van der Waals surface area contributed by atoms with Crippen molar-refractivity contribution < 1.29 is 0 Å². The molecule has 0 aromatic carbocycles. The minimum Gasteiger partial charge on any atom is -0.352 e. The Balaban J connectivity index is 1.54. The minimum atomic E-state index is -0.0604. The van der Waals surface area contributed by atoms with E-state index in [1.807, 2.05) is 73.2 Å². The van der Waals surface area contributed by atoms with Gasteiger partial charge < -0.3 is 14.8 Å². The summed E-state index contributed by atoms with van der Waals surface area (Å²) in [6.07, 6.45) is 7.57. The van der Waals surface area contributed by atoms with Crippen LogP contribution in [0.4, 0.5) is 0 Å². The first-order valence-corrected chi connectivity index (χ1v) is 10.6. The number of thiocarbonyl (C=S) groups is 1. The second-order valence-corrected chi connectivity index (χ2v) is 7.84. The molecule has 6 nitrogen and oxygen atoms in total. The molecular weight excluding hydrogens is 404 g/mol. The van der Waals surface area contributed by atoms with E-state index >= 15 is 0 Å². The summed E-state index contributed by atoms with van der Waals surface area (Å²) in [5.74, 6) is 0. The van der Waals surface area contributed by atoms with Crippen LogP contribution in [-0.2, 0) is 13.1 Å². The molecule has 0 spiro atoms. The van der Waals surface area contributed by atoms with Gasteiger partial charge in [-0.25, -0.2) is 0 Å². The fourth-order valence-corrected chi connectivity index (χ4v) is 4.37. The molecule has 0 radical (unpaired) electrons. The van der Waals surface area contributed by atoms with Crippen LogP contribution in [0.15, 0.2) is 91.5 Å². The zero-order chi connectivity index (χ0) is 21.0. The first kappa shape index (κ1) is 19.4. The predicted octanol–water partition coefficient (Wildman–Crippen LogP) is 3.89. The van der Waals surface area contributed by atoms with Gasteiger partial charge in [0.2, 0.25) is 0 Å². The fraction of sp³-hybridized carbons (Fsp3) is 0.167. The van der Waals surface area contributed by atoms with E-state index in [1.165, 1.54) is 0 Å². The van der Waals surface area contributed by atoms with Crippen molar-refractivity contribution >= 4 is 17.3 Å². The Morgan fingerprint density at radius 3 is 2.10 bits per heavy atom. The molecule has 0 amide bonds. The maximum absolute atomic E-state index is 5.78. The second-order valence-electron chi connectivity index (χ2n) is 7.46. The summed E-state index contributed by atoms with van der Waals surface area (Å²) >= 11 is 5.78. The number of hydrogen-bond acceptors (Lipinski definition) is 4. The highest BCUT2D eigenvalue weighted by Gasteiger charge is 2.41. The number of nitrogens with zero attached hydrogens (tertiary/aromatic N) is 5. The summed E-state index contributed by atoms with van der Waals surface area (Å²) in [6, 6.07) is 22.1. The van der Waals surface area contributed by atoms with Crippen molar-refractivity contribution in [2.45, 2.75) is 25.2 Å². The van der Waals surface area contributed by atoms with Gasteiger partial charge in [0, 0.05) is 30.5 Å². The van der Waals surface area contributed by atoms with E-state index in [1.54, 1.807) is 0 Å². The van der Waals surface area contributed by atoms with Crippen molar-refractivity contribution in [3.8, 4) is 0 Å². The third-order valence-corrected chi connectivity index (χ3v) is 5.83. The van der Waals surface area contributed by atoms with Crippen LogP contribution in [-0.4, -0.2) is 29.5 Å². The van der Waals surface area contributed by atoms with Gasteiger partial charge >= 0.3 is 0 Å². The molecule has 5 rings (SSSR count). The van der Waals surface area contributed by atoms with Crippen LogP contribution in [0.3, 0.4) is 0 Å². The van der Waals surface area contributed by atoms with Crippen LogP contribution in [0.25, 0.3) is 0 Å². The molecule has 4 aromatic heterocycles. The summed E-state index contributed by atoms with van der Waals surface area (Å²) in [6.45, 7) is 1.31. The Morgan fingerprint density at radius 2 is 1.45 bits per heavy atom. The van der Waals surface area contributed by atoms with Crippen LogP contribution in [0.1, 0.15) is 34.9 Å². The highest BCUT2D eigenvalue weighted by molar-refractivity contribution is 7.80. The van der Waals surface area contributed by atoms with E-state index in [2.05, 4.69) is 48.1 Å². The summed E-state index contributed by atoms with van der Waals surface area (Å²) in [5.41, 5.74) is 4.11. The van der Waals surface area contributed by atoms with Crippen molar-refractivity contribution in [2.24, 2.45) is 0 Å². The van der Waals surface area contributed by atoms with Crippen LogP contribution in [0.2, 0.25) is 0 Å². The smallest absolute Gasteiger partial charge is 0.170 e. The van der Waals surface area contributed by atoms with Crippen molar-refractivity contribution in [2.75, 3.05) is 0 Å². The van der Waals surface area contributed by atoms with E-state index in [9.17, 15) is 0 Å². The molecular formula is C24H22N6S. The van der Waals surface area contributed by atoms with Gasteiger partial charge in [-0.1, -0.05) is 18.2 Å². The van der Waals surface area contributed by atoms with Gasteiger partial charge in [-0.2, -0.15) is 0 Å². The summed E-state index contributed by atoms with van der Waals surface area (Å²) in [7, 11) is 0. The van der Waals surface area contributed by atoms with Crippen LogP contribution in [0.5, 0.6) is 0 Å². The van der Waals surface area contributed by atoms with Crippen molar-refractivity contribution in [3.63, 3.8) is 0 Å². The normalized spacial score (nSPS) is 18.2. The highest BCUT2D eigenvalue weighted by atomic mass is 32.1. The molecule has 5 heterocycles. The quantitative estimate of drug-likeness (QED) is 0.472. The Morgan fingerprint density at radius 1 is 0.774 bits per heavy atom. The predicted molar refractivity (Wildman–Crippen MR) is 123 cm³/mol. The molecule has 1 aliphatic heterocycles. The zero-order valence-corrected chi connectivity index (χ0v) is 17.7. The first-order chi connectivity index (χ1) is 15.3. The molecule has 2 atom stereocenters. The summed E-state index contributed by atoms with van der Waals surface area (Å²) in [5, 5.41) is 4.21. The molecule has 7 heteroatoms. The standard InChI is InChI=1S/C24H22N6S/c31-24-28-22(20-10-3-6-14-27-20)23(30(24)17-19-9-2-5-13-26-19)21-11-7-15-29(21)16-18-8-1-4-12-25-18/h1-15,22-23H,16-17H2,(H,28,31). The molecule has 4 aromatic rings. The fourth-order valence-electron chi connectivity index (χ4n) is 4.07. The molecule has 31 heavy (non-hydrogen) atoms. The lowest BCUT2D eigenvalue weighted by atomic mass is 10.0. The topological polar surface area (TPSA) is 58.9 Å². The Bertz CT molecular complexity index is 1150. The number of nitrogens with one attached hydrogen (secondary N) is 1. The third-order valence-electron chi connectivity index (χ3n) is 5.48. The largest absolute Gasteiger partial charge is 0.352 e. The number of pyridine rings is 3. The lowest BCUT2D eigenvalue weighted by molar-refractivity contribution is 0.295. The van der Waals surface area contributed by atoms with Crippen LogP contribution in [0, 0.1) is 0 Å². The van der Waals surface area contributed by atoms with Gasteiger partial charge in [0.15, 0.2) is 5.11 Å². The summed E-state index contributed by atoms with van der Waals surface area (Å²) in [4.78, 5) is 15.9. The molecule has 1 saturated heterocycles. The van der Waals surface area contributed by atoms with Crippen molar-refractivity contribution in [1.82, 2.24) is 29.7 Å². The van der Waals surface area contributed by atoms with Crippen LogP contribution < -0.4 is 5.32 Å². The molecule has 0 aliphatic carbocycles. The minimum absolute atomic E-state index is 0.0249. The summed E-state index contributed by atoms with van der Waals surface area (Å²) < 4.78 is 2.24. The van der Waals surface area contributed by atoms with E-state index < -0.39 is 0 Å². The zero-order valence-electron chi connectivity index (χ0n) is 16.9. The van der Waals surface area contributed by atoms with E-state index in [-0.39, 0.29) is 12.1 Å². The lowest BCUT2D eigenvalue weighted by Gasteiger charge is -2.28. The van der Waals surface area contributed by atoms with Gasteiger partial charge in [-0.3, -0.25) is 15.0 Å². The Labute approximate surface area is 186 Å². The highest BCUT2D eigenvalue weighted by Crippen LogP contribution is 2.39. The van der Waals surface area contributed by atoms with E-state index in [0.29, 0.717) is 18.2 Å². The third kappa shape index (κ3) is 4.04. The van der Waals surface area contributed by atoms with Gasteiger partial charge in [0.05, 0.1) is 42.3 Å². The van der Waals surface area contributed by atoms with Gasteiger partial charge in [0.1, 0.15) is 0 Å². The molecule has 1 fully saturated rings. The van der Waals surface area contributed by atoms with Gasteiger partial charge in [-0.05, 0) is 60.7 Å². The molecule has 0 saturated carbocycles. The van der Waals surface area contributed by atoms with Gasteiger partial charge in [0.25, 0.3) is 0 Å². The Hall–Kier alpha value is -3.58. The molecule has 0 bridgehead atoms. The monoisotopic (exact) mass is 426 g/mol. The maximum atomic E-state index is 5.78. The molecule has 1 aliphatic rings. The molecule has 154 valence electrons. The molecule has 2 unspecified atom stereocenters. The van der Waals surface area contributed by atoms with Crippen molar-refractivity contribution in [1.29, 1.82) is 0 Å². The number of hydrogen-bond donors (Lipinski definition) is 1. The average Bonchev–Trinajstić information content (AvgIpc) is 3.40. The Kier molecular flexibility index (Phi) is 5.41. The SMILES string of the molecule is S=C1NC(c2ccccn2)C(c2cccn2Cc2ccccn2)N1Cc1ccccn1. The average molecular weight is 427 g/mol. The first-order valence-electron chi connectivity index (χ1n) is 10.2. The lowest BCUT2D eigenvalue weighted by Crippen LogP contribution is -2.30. The number of aromatic nitrogens is 4. The maximum Gasteiger partial charge on any atom is 0.170 e. The van der Waals surface area contributed by atoms with E-state index in [0.717, 1.165) is 22.8 Å². The van der Waals surface area contributed by atoms with Gasteiger partial charge in [-0.15, -0.1) is 0 Å². The van der Waals surface area contributed by atoms with Crippen molar-refractivity contribution in [3.05, 3.63) is 114 Å².